The molecule has 2 heterocycles. The van der Waals surface area contributed by atoms with Gasteiger partial charge in [0.15, 0.2) is 0 Å². The monoisotopic (exact) mass is 353 g/mol. The van der Waals surface area contributed by atoms with Crippen molar-refractivity contribution < 1.29 is 22.6 Å². The summed E-state index contributed by atoms with van der Waals surface area (Å²) in [6.45, 7) is 1.61. The van der Waals surface area contributed by atoms with Crippen molar-refractivity contribution in [2.24, 2.45) is 0 Å². The number of nitrogens with one attached hydrogen (secondary N) is 1. The number of anilines is 2. The number of alkyl halides is 3. The normalized spacial score (nSPS) is 17.4. The number of benzene rings is 1. The zero-order valence-corrected chi connectivity index (χ0v) is 13.6. The summed E-state index contributed by atoms with van der Waals surface area (Å²) in [5, 5.41) is 3.24. The van der Waals surface area contributed by atoms with Crippen LogP contribution in [0.25, 0.3) is 0 Å². The summed E-state index contributed by atoms with van der Waals surface area (Å²) in [6, 6.07) is 10.7. The topological polar surface area (TPSA) is 46.6 Å². The minimum Gasteiger partial charge on any atom is -0.495 e. The van der Waals surface area contributed by atoms with E-state index in [2.05, 4.69) is 19.9 Å². The lowest BCUT2D eigenvalue weighted by Gasteiger charge is -2.21. The predicted molar refractivity (Wildman–Crippen MR) is 88.2 cm³/mol. The molecular formula is C17H18F3N3O2. The summed E-state index contributed by atoms with van der Waals surface area (Å²) in [6.07, 6.45) is -2.76. The average Bonchev–Trinajstić information content (AvgIpc) is 3.03. The Morgan fingerprint density at radius 1 is 1.20 bits per heavy atom. The van der Waals surface area contributed by atoms with Crippen LogP contribution in [-0.4, -0.2) is 37.6 Å². The van der Waals surface area contributed by atoms with Gasteiger partial charge in [0.1, 0.15) is 17.3 Å². The van der Waals surface area contributed by atoms with E-state index >= 15 is 0 Å². The molecule has 5 nitrogen and oxygen atoms in total. The lowest BCUT2D eigenvalue weighted by molar-refractivity contribution is -0.274. The first kappa shape index (κ1) is 17.2. The molecule has 1 aliphatic heterocycles. The van der Waals surface area contributed by atoms with Crippen LogP contribution >= 0.6 is 0 Å². The highest BCUT2D eigenvalue weighted by Crippen LogP contribution is 2.31. The van der Waals surface area contributed by atoms with E-state index in [1.807, 2.05) is 24.3 Å². The quantitative estimate of drug-likeness (QED) is 0.889. The Bertz CT molecular complexity index is 707. The van der Waals surface area contributed by atoms with E-state index in [1.54, 1.807) is 7.11 Å². The number of aromatic nitrogens is 1. The van der Waals surface area contributed by atoms with Crippen LogP contribution in [-0.2, 0) is 0 Å². The summed E-state index contributed by atoms with van der Waals surface area (Å²) in [5.41, 5.74) is 1.02. The zero-order chi connectivity index (χ0) is 17.9. The zero-order valence-electron chi connectivity index (χ0n) is 13.6. The van der Waals surface area contributed by atoms with E-state index < -0.39 is 6.36 Å². The molecule has 0 aliphatic carbocycles. The second-order valence-electron chi connectivity index (χ2n) is 5.67. The van der Waals surface area contributed by atoms with Crippen LogP contribution in [0.1, 0.15) is 6.42 Å². The third-order valence-electron chi connectivity index (χ3n) is 3.94. The smallest absolute Gasteiger partial charge is 0.495 e. The molecule has 2 aromatic rings. The third kappa shape index (κ3) is 4.46. The number of nitrogens with zero attached hydrogens (tertiary/aromatic N) is 2. The summed E-state index contributed by atoms with van der Waals surface area (Å²) in [4.78, 5) is 6.18. The molecule has 0 saturated carbocycles. The minimum absolute atomic E-state index is 0.145. The largest absolute Gasteiger partial charge is 0.573 e. The summed E-state index contributed by atoms with van der Waals surface area (Å²) in [7, 11) is 1.64. The van der Waals surface area contributed by atoms with E-state index in [0.29, 0.717) is 5.82 Å². The van der Waals surface area contributed by atoms with Gasteiger partial charge < -0.3 is 19.7 Å². The molecule has 0 spiro atoms. The number of para-hydroxylation sites is 2. The summed E-state index contributed by atoms with van der Waals surface area (Å²) < 4.78 is 45.7. The van der Waals surface area contributed by atoms with Crippen molar-refractivity contribution in [3.63, 3.8) is 0 Å². The van der Waals surface area contributed by atoms with Gasteiger partial charge in [-0.25, -0.2) is 4.98 Å². The molecule has 3 rings (SSSR count). The molecule has 1 aromatic carbocycles. The third-order valence-corrected chi connectivity index (χ3v) is 3.94. The van der Waals surface area contributed by atoms with Gasteiger partial charge in [-0.3, -0.25) is 0 Å². The minimum atomic E-state index is -4.71. The Labute approximate surface area is 143 Å². The predicted octanol–water partition coefficient (Wildman–Crippen LogP) is 3.68. The molecule has 1 N–H and O–H groups in total. The van der Waals surface area contributed by atoms with Crippen LogP contribution in [0.5, 0.6) is 11.5 Å². The van der Waals surface area contributed by atoms with Crippen molar-refractivity contribution in [1.82, 2.24) is 4.98 Å². The Hall–Kier alpha value is -2.64. The van der Waals surface area contributed by atoms with E-state index in [4.69, 9.17) is 4.74 Å². The maximum Gasteiger partial charge on any atom is 0.573 e. The van der Waals surface area contributed by atoms with Crippen molar-refractivity contribution in [2.75, 3.05) is 30.4 Å². The second-order valence-corrected chi connectivity index (χ2v) is 5.67. The number of halogens is 3. The molecule has 1 aliphatic rings. The van der Waals surface area contributed by atoms with Crippen molar-refractivity contribution in [1.29, 1.82) is 0 Å². The molecule has 1 fully saturated rings. The number of methoxy groups -OCH3 is 1. The van der Waals surface area contributed by atoms with Crippen LogP contribution in [0.3, 0.4) is 0 Å². The Morgan fingerprint density at radius 2 is 2.00 bits per heavy atom. The van der Waals surface area contributed by atoms with Crippen molar-refractivity contribution in [3.8, 4) is 11.5 Å². The fourth-order valence-electron chi connectivity index (χ4n) is 2.86. The van der Waals surface area contributed by atoms with Crippen LogP contribution < -0.4 is 19.7 Å². The lowest BCUT2D eigenvalue weighted by Crippen LogP contribution is -2.26. The van der Waals surface area contributed by atoms with Gasteiger partial charge in [0.05, 0.1) is 19.0 Å². The van der Waals surface area contributed by atoms with Crippen LogP contribution in [0.2, 0.25) is 0 Å². The van der Waals surface area contributed by atoms with Gasteiger partial charge in [0.2, 0.25) is 0 Å². The van der Waals surface area contributed by atoms with Gasteiger partial charge >= 0.3 is 6.36 Å². The number of ether oxygens (including phenoxy) is 2. The van der Waals surface area contributed by atoms with Crippen molar-refractivity contribution in [3.05, 3.63) is 42.6 Å². The average molecular weight is 353 g/mol. The van der Waals surface area contributed by atoms with Crippen LogP contribution in [0, 0.1) is 0 Å². The van der Waals surface area contributed by atoms with Gasteiger partial charge in [-0.05, 0) is 30.7 Å². The highest BCUT2D eigenvalue weighted by atomic mass is 19.4. The molecular weight excluding hydrogens is 335 g/mol. The maximum absolute atomic E-state index is 12.2. The highest BCUT2D eigenvalue weighted by molar-refractivity contribution is 5.59. The Balaban J connectivity index is 1.60. The Kier molecular flexibility index (Phi) is 4.87. The van der Waals surface area contributed by atoms with Crippen molar-refractivity contribution >= 4 is 11.5 Å². The molecule has 25 heavy (non-hydrogen) atoms. The second kappa shape index (κ2) is 7.08. The molecule has 8 heteroatoms. The maximum atomic E-state index is 12.2. The van der Waals surface area contributed by atoms with Gasteiger partial charge in [-0.15, -0.1) is 13.2 Å². The first-order chi connectivity index (χ1) is 11.9. The van der Waals surface area contributed by atoms with Gasteiger partial charge in [-0.2, -0.15) is 0 Å². The van der Waals surface area contributed by atoms with Gasteiger partial charge in [0, 0.05) is 19.1 Å². The SMILES string of the molecule is COc1ccccc1N1CCC(Nc2ccc(OC(F)(F)F)cn2)C1. The fourth-order valence-corrected chi connectivity index (χ4v) is 2.86. The van der Waals surface area contributed by atoms with E-state index in [0.717, 1.165) is 37.1 Å². The molecule has 134 valence electrons. The number of rotatable bonds is 5. The van der Waals surface area contributed by atoms with E-state index in [9.17, 15) is 13.2 Å². The molecule has 0 bridgehead atoms. The standard InChI is InChI=1S/C17H18F3N3O2/c1-24-15-5-3-2-4-14(15)23-9-8-12(11-23)22-16-7-6-13(10-21-16)25-17(18,19)20/h2-7,10,12H,8-9,11H2,1H3,(H,21,22). The van der Waals surface area contributed by atoms with Gasteiger partial charge in [-0.1, -0.05) is 12.1 Å². The van der Waals surface area contributed by atoms with Crippen LogP contribution in [0.4, 0.5) is 24.7 Å². The molecule has 1 atom stereocenters. The van der Waals surface area contributed by atoms with Crippen molar-refractivity contribution in [2.45, 2.75) is 18.8 Å². The number of pyridine rings is 1. The molecule has 0 radical (unpaired) electrons. The first-order valence-corrected chi connectivity index (χ1v) is 7.81. The lowest BCUT2D eigenvalue weighted by atomic mass is 10.2. The number of hydrogen-bond donors (Lipinski definition) is 1. The van der Waals surface area contributed by atoms with Crippen LogP contribution in [0.15, 0.2) is 42.6 Å². The molecule has 1 unspecified atom stereocenters. The molecule has 0 amide bonds. The Morgan fingerprint density at radius 3 is 2.68 bits per heavy atom. The fraction of sp³-hybridized carbons (Fsp3) is 0.353. The van der Waals surface area contributed by atoms with E-state index in [-0.39, 0.29) is 11.8 Å². The molecule has 1 aromatic heterocycles. The summed E-state index contributed by atoms with van der Waals surface area (Å²) >= 11 is 0. The molecule has 1 saturated heterocycles. The van der Waals surface area contributed by atoms with Gasteiger partial charge in [0.25, 0.3) is 0 Å². The highest BCUT2D eigenvalue weighted by Gasteiger charge is 2.31. The summed E-state index contributed by atoms with van der Waals surface area (Å²) in [5.74, 6) is 0.997. The first-order valence-electron chi connectivity index (χ1n) is 7.81. The number of hydrogen-bond acceptors (Lipinski definition) is 5. The van der Waals surface area contributed by atoms with E-state index in [1.165, 1.54) is 12.1 Å².